The van der Waals surface area contributed by atoms with E-state index in [2.05, 4.69) is 5.32 Å². The topological polar surface area (TPSA) is 56.8 Å². The van der Waals surface area contributed by atoms with Gasteiger partial charge in [-0.2, -0.15) is 0 Å². The molecule has 4 rings (SSSR count). The molecule has 1 N–H and O–H groups in total. The van der Waals surface area contributed by atoms with E-state index in [-0.39, 0.29) is 11.8 Å². The third-order valence-corrected chi connectivity index (χ3v) is 4.76. The molecule has 2 aromatic rings. The second-order valence-electron chi connectivity index (χ2n) is 6.49. The summed E-state index contributed by atoms with van der Waals surface area (Å²) in [4.78, 5) is 12.4. The van der Waals surface area contributed by atoms with Gasteiger partial charge in [0.2, 0.25) is 0 Å². The number of benzene rings is 2. The van der Waals surface area contributed by atoms with Crippen LogP contribution in [-0.2, 0) is 12.8 Å². The van der Waals surface area contributed by atoms with E-state index in [4.69, 9.17) is 14.2 Å². The Morgan fingerprint density at radius 3 is 2.96 bits per heavy atom. The van der Waals surface area contributed by atoms with Crippen LogP contribution in [-0.4, -0.2) is 32.8 Å². The van der Waals surface area contributed by atoms with Crippen molar-refractivity contribution in [2.24, 2.45) is 5.92 Å². The first-order valence-corrected chi connectivity index (χ1v) is 8.56. The van der Waals surface area contributed by atoms with Crippen molar-refractivity contribution in [2.45, 2.75) is 12.8 Å². The number of hydrogen-bond donors (Lipinski definition) is 1. The number of nitrogens with one attached hydrogen (secondary N) is 1. The van der Waals surface area contributed by atoms with Gasteiger partial charge in [0.25, 0.3) is 5.91 Å². The van der Waals surface area contributed by atoms with Gasteiger partial charge in [-0.3, -0.25) is 4.79 Å². The molecule has 2 aliphatic heterocycles. The zero-order chi connectivity index (χ0) is 17.2. The minimum atomic E-state index is -0.0461. The number of ether oxygens (including phenoxy) is 3. The summed E-state index contributed by atoms with van der Waals surface area (Å²) >= 11 is 0. The van der Waals surface area contributed by atoms with E-state index in [0.717, 1.165) is 41.2 Å². The molecule has 0 fully saturated rings. The highest BCUT2D eigenvalue weighted by molar-refractivity contribution is 5.94. The molecule has 0 radical (unpaired) electrons. The van der Waals surface area contributed by atoms with Crippen molar-refractivity contribution in [2.75, 3.05) is 26.9 Å². The molecule has 0 unspecified atom stereocenters. The van der Waals surface area contributed by atoms with E-state index >= 15 is 0 Å². The average molecular weight is 339 g/mol. The van der Waals surface area contributed by atoms with Crippen molar-refractivity contribution in [3.05, 3.63) is 53.1 Å². The monoisotopic (exact) mass is 339 g/mol. The lowest BCUT2D eigenvalue weighted by atomic mass is 9.96. The normalized spacial score (nSPS) is 17.7. The zero-order valence-corrected chi connectivity index (χ0v) is 14.2. The lowest BCUT2D eigenvalue weighted by Crippen LogP contribution is -2.34. The Morgan fingerprint density at radius 2 is 2.08 bits per heavy atom. The summed E-state index contributed by atoms with van der Waals surface area (Å²) in [6.07, 6.45) is 1.75. The Labute approximate surface area is 146 Å². The van der Waals surface area contributed by atoms with Crippen molar-refractivity contribution in [3.63, 3.8) is 0 Å². The molecule has 5 nitrogen and oxygen atoms in total. The van der Waals surface area contributed by atoms with Crippen LogP contribution in [0.4, 0.5) is 0 Å². The van der Waals surface area contributed by atoms with Crippen LogP contribution in [0.2, 0.25) is 0 Å². The van der Waals surface area contributed by atoms with E-state index in [9.17, 15) is 4.79 Å². The van der Waals surface area contributed by atoms with E-state index in [1.807, 2.05) is 36.4 Å². The molecular formula is C20H21NO4. The molecule has 0 spiro atoms. The van der Waals surface area contributed by atoms with Gasteiger partial charge in [-0.25, -0.2) is 0 Å². The highest BCUT2D eigenvalue weighted by Gasteiger charge is 2.22. The summed E-state index contributed by atoms with van der Waals surface area (Å²) in [7, 11) is 1.65. The number of rotatable bonds is 4. The summed E-state index contributed by atoms with van der Waals surface area (Å²) in [6, 6.07) is 11.5. The Balaban J connectivity index is 1.36. The van der Waals surface area contributed by atoms with Crippen molar-refractivity contribution < 1.29 is 19.0 Å². The second kappa shape index (κ2) is 6.67. The van der Waals surface area contributed by atoms with Crippen LogP contribution >= 0.6 is 0 Å². The highest BCUT2D eigenvalue weighted by Crippen LogP contribution is 2.31. The highest BCUT2D eigenvalue weighted by atomic mass is 16.5. The molecule has 2 aliphatic rings. The minimum absolute atomic E-state index is 0.0461. The van der Waals surface area contributed by atoms with Crippen molar-refractivity contribution in [1.29, 1.82) is 0 Å². The maximum absolute atomic E-state index is 12.4. The predicted molar refractivity (Wildman–Crippen MR) is 93.7 cm³/mol. The number of fused-ring (bicyclic) bond motifs is 2. The molecule has 0 saturated heterocycles. The van der Waals surface area contributed by atoms with Crippen LogP contribution in [0.5, 0.6) is 17.2 Å². The fourth-order valence-electron chi connectivity index (χ4n) is 3.34. The summed E-state index contributed by atoms with van der Waals surface area (Å²) in [5.41, 5.74) is 2.95. The molecule has 130 valence electrons. The van der Waals surface area contributed by atoms with E-state index in [0.29, 0.717) is 25.3 Å². The third-order valence-electron chi connectivity index (χ3n) is 4.76. The average Bonchev–Trinajstić information content (AvgIpc) is 3.13. The molecule has 1 atom stereocenters. The third kappa shape index (κ3) is 3.27. The van der Waals surface area contributed by atoms with Crippen molar-refractivity contribution in [3.8, 4) is 17.2 Å². The minimum Gasteiger partial charge on any atom is -0.497 e. The summed E-state index contributed by atoms with van der Waals surface area (Å²) in [6.45, 7) is 1.89. The van der Waals surface area contributed by atoms with Crippen molar-refractivity contribution in [1.82, 2.24) is 5.32 Å². The molecule has 2 aromatic carbocycles. The lowest BCUT2D eigenvalue weighted by Gasteiger charge is -2.25. The van der Waals surface area contributed by atoms with Gasteiger partial charge in [-0.05, 0) is 41.8 Å². The van der Waals surface area contributed by atoms with Gasteiger partial charge < -0.3 is 19.5 Å². The maximum atomic E-state index is 12.4. The Bertz CT molecular complexity index is 802. The van der Waals surface area contributed by atoms with Gasteiger partial charge >= 0.3 is 0 Å². The number of amides is 1. The Morgan fingerprint density at radius 1 is 1.16 bits per heavy atom. The summed E-state index contributed by atoms with van der Waals surface area (Å²) < 4.78 is 16.5. The van der Waals surface area contributed by atoms with Gasteiger partial charge in [-0.1, -0.05) is 6.07 Å². The Kier molecular flexibility index (Phi) is 4.22. The summed E-state index contributed by atoms with van der Waals surface area (Å²) in [5, 5.41) is 3.03. The van der Waals surface area contributed by atoms with E-state index < -0.39 is 0 Å². The standard InChI is InChI=1S/C20H21NO4/c1-23-17-4-2-14-8-13(12-25-19(14)10-17)11-21-20(22)16-3-5-18-15(9-16)6-7-24-18/h2-5,9-10,13H,6-8,11-12H2,1H3,(H,21,22)/t13-/m1/s1. The smallest absolute Gasteiger partial charge is 0.251 e. The fraction of sp³-hybridized carbons (Fsp3) is 0.350. The largest absolute Gasteiger partial charge is 0.497 e. The number of carbonyl (C=O) groups is 1. The van der Waals surface area contributed by atoms with E-state index in [1.165, 1.54) is 0 Å². The van der Waals surface area contributed by atoms with Gasteiger partial charge in [0.15, 0.2) is 0 Å². The van der Waals surface area contributed by atoms with Crippen LogP contribution in [0.3, 0.4) is 0 Å². The Hall–Kier alpha value is -2.69. The van der Waals surface area contributed by atoms with Crippen LogP contribution in [0.15, 0.2) is 36.4 Å². The van der Waals surface area contributed by atoms with Gasteiger partial charge in [-0.15, -0.1) is 0 Å². The lowest BCUT2D eigenvalue weighted by molar-refractivity contribution is 0.0939. The number of carbonyl (C=O) groups excluding carboxylic acids is 1. The van der Waals surface area contributed by atoms with Gasteiger partial charge in [0.1, 0.15) is 17.2 Å². The summed E-state index contributed by atoms with van der Waals surface area (Å²) in [5.74, 6) is 2.79. The van der Waals surface area contributed by atoms with Crippen LogP contribution in [0.25, 0.3) is 0 Å². The zero-order valence-electron chi connectivity index (χ0n) is 14.2. The molecule has 0 aliphatic carbocycles. The predicted octanol–water partition coefficient (Wildman–Crippen LogP) is 2.61. The van der Waals surface area contributed by atoms with Crippen LogP contribution < -0.4 is 19.5 Å². The quantitative estimate of drug-likeness (QED) is 0.930. The second-order valence-corrected chi connectivity index (χ2v) is 6.49. The molecule has 25 heavy (non-hydrogen) atoms. The number of methoxy groups -OCH3 is 1. The molecule has 0 saturated carbocycles. The first-order valence-electron chi connectivity index (χ1n) is 8.56. The maximum Gasteiger partial charge on any atom is 0.251 e. The van der Waals surface area contributed by atoms with E-state index in [1.54, 1.807) is 7.11 Å². The first-order chi connectivity index (χ1) is 12.2. The molecule has 2 heterocycles. The molecule has 1 amide bonds. The van der Waals surface area contributed by atoms with Gasteiger partial charge in [0, 0.05) is 30.5 Å². The van der Waals surface area contributed by atoms with Crippen molar-refractivity contribution >= 4 is 5.91 Å². The molecule has 0 bridgehead atoms. The molecule has 5 heteroatoms. The number of hydrogen-bond acceptors (Lipinski definition) is 4. The van der Waals surface area contributed by atoms with Crippen LogP contribution in [0.1, 0.15) is 21.5 Å². The molecule has 0 aromatic heterocycles. The molecular weight excluding hydrogens is 318 g/mol. The van der Waals surface area contributed by atoms with Crippen LogP contribution in [0, 0.1) is 5.92 Å². The van der Waals surface area contributed by atoms with Gasteiger partial charge in [0.05, 0.1) is 20.3 Å². The fourth-order valence-corrected chi connectivity index (χ4v) is 3.34. The first kappa shape index (κ1) is 15.8. The SMILES string of the molecule is COc1ccc2c(c1)OC[C@@H](CNC(=O)c1ccc3c(c1)CCO3)C2.